The van der Waals surface area contributed by atoms with Crippen LogP contribution in [0.1, 0.15) is 32.4 Å². The van der Waals surface area contributed by atoms with Gasteiger partial charge in [-0.15, -0.1) is 0 Å². The standard InChI is InChI=1S/C24H26N6O4/c1-15-14-28(9-11-33-15)16-5-7-19-20(13-16)26-24(25-19)23-18-12-17(30(31)32)6-8-21(18)29(27-23)22-4-2-3-10-34-22/h5-8,12-13,15,22H,2-4,9-11,14H2,1H3,(H,25,26). The van der Waals surface area contributed by atoms with E-state index in [0.717, 1.165) is 54.6 Å². The number of imidazole rings is 1. The lowest BCUT2D eigenvalue weighted by molar-refractivity contribution is -0.384. The van der Waals surface area contributed by atoms with Gasteiger partial charge in [0.05, 0.1) is 34.2 Å². The van der Waals surface area contributed by atoms with Crippen molar-refractivity contribution >= 4 is 33.3 Å². The SMILES string of the molecule is CC1CN(c2ccc3nc(-c4nn(C5CCCCO5)c5ccc([N+](=O)[O-])cc45)[nH]c3c2)CCO1. The van der Waals surface area contributed by atoms with Crippen LogP contribution >= 0.6 is 0 Å². The summed E-state index contributed by atoms with van der Waals surface area (Å²) in [7, 11) is 0. The number of ether oxygens (including phenoxy) is 2. The van der Waals surface area contributed by atoms with Gasteiger partial charge in [0.25, 0.3) is 5.69 Å². The van der Waals surface area contributed by atoms with Gasteiger partial charge in [-0.3, -0.25) is 10.1 Å². The van der Waals surface area contributed by atoms with Crippen molar-refractivity contribution in [3.05, 3.63) is 46.5 Å². The van der Waals surface area contributed by atoms with Gasteiger partial charge in [-0.1, -0.05) is 0 Å². The first kappa shape index (κ1) is 21.1. The van der Waals surface area contributed by atoms with Crippen molar-refractivity contribution in [3.8, 4) is 11.5 Å². The number of nitro benzene ring substituents is 1. The molecule has 2 saturated heterocycles. The fraction of sp³-hybridized carbons (Fsp3) is 0.417. The maximum atomic E-state index is 11.5. The molecule has 0 saturated carbocycles. The van der Waals surface area contributed by atoms with Gasteiger partial charge >= 0.3 is 0 Å². The molecule has 10 nitrogen and oxygen atoms in total. The first-order chi connectivity index (χ1) is 16.6. The third kappa shape index (κ3) is 3.68. The first-order valence-electron chi connectivity index (χ1n) is 11.7. The lowest BCUT2D eigenvalue weighted by Gasteiger charge is -2.32. The minimum absolute atomic E-state index is 0.0256. The summed E-state index contributed by atoms with van der Waals surface area (Å²) in [6.07, 6.45) is 2.94. The number of fused-ring (bicyclic) bond motifs is 2. The number of nitro groups is 1. The Balaban J connectivity index is 1.44. The van der Waals surface area contributed by atoms with Crippen LogP contribution in [-0.4, -0.2) is 57.1 Å². The van der Waals surface area contributed by atoms with Crippen LogP contribution in [-0.2, 0) is 9.47 Å². The van der Waals surface area contributed by atoms with E-state index in [1.807, 2.05) is 10.7 Å². The van der Waals surface area contributed by atoms with Gasteiger partial charge in [0.2, 0.25) is 0 Å². The van der Waals surface area contributed by atoms with Crippen LogP contribution in [0.4, 0.5) is 11.4 Å². The quantitative estimate of drug-likeness (QED) is 0.353. The Kier molecular flexibility index (Phi) is 5.19. The molecule has 2 unspecified atom stereocenters. The van der Waals surface area contributed by atoms with E-state index in [2.05, 4.69) is 28.9 Å². The zero-order chi connectivity index (χ0) is 23.2. The summed E-state index contributed by atoms with van der Waals surface area (Å²) >= 11 is 0. The molecule has 2 aliphatic rings. The zero-order valence-electron chi connectivity index (χ0n) is 18.9. The van der Waals surface area contributed by atoms with Gasteiger partial charge in [-0.2, -0.15) is 5.10 Å². The number of rotatable bonds is 4. The molecule has 0 spiro atoms. The molecule has 0 radical (unpaired) electrons. The summed E-state index contributed by atoms with van der Waals surface area (Å²) in [5.74, 6) is 0.586. The predicted octanol–water partition coefficient (Wildman–Crippen LogP) is 4.41. The van der Waals surface area contributed by atoms with Crippen molar-refractivity contribution in [1.29, 1.82) is 0 Å². The number of H-pyrrole nitrogens is 1. The Morgan fingerprint density at radius 2 is 2.06 bits per heavy atom. The molecule has 2 aliphatic heterocycles. The summed E-state index contributed by atoms with van der Waals surface area (Å²) in [4.78, 5) is 21.6. The molecule has 2 atom stereocenters. The summed E-state index contributed by atoms with van der Waals surface area (Å²) in [5, 5.41) is 17.0. The zero-order valence-corrected chi connectivity index (χ0v) is 18.9. The van der Waals surface area contributed by atoms with Gasteiger partial charge in [-0.05, 0) is 50.5 Å². The number of aromatic nitrogens is 4. The average molecular weight is 463 g/mol. The summed E-state index contributed by atoms with van der Waals surface area (Å²) < 4.78 is 13.5. The van der Waals surface area contributed by atoms with Crippen LogP contribution in [0, 0.1) is 10.1 Å². The molecule has 2 fully saturated rings. The van der Waals surface area contributed by atoms with E-state index >= 15 is 0 Å². The minimum Gasteiger partial charge on any atom is -0.375 e. The normalized spacial score (nSPS) is 21.4. The number of nitrogens with zero attached hydrogens (tertiary/aromatic N) is 5. The maximum absolute atomic E-state index is 11.5. The number of nitrogens with one attached hydrogen (secondary N) is 1. The van der Waals surface area contributed by atoms with Crippen LogP contribution in [0.5, 0.6) is 0 Å². The van der Waals surface area contributed by atoms with E-state index in [0.29, 0.717) is 30.1 Å². The van der Waals surface area contributed by atoms with E-state index < -0.39 is 0 Å². The molecule has 6 rings (SSSR count). The average Bonchev–Trinajstić information content (AvgIpc) is 3.45. The number of non-ortho nitro benzene ring substituents is 1. The van der Waals surface area contributed by atoms with Crippen molar-refractivity contribution in [2.45, 2.75) is 38.5 Å². The highest BCUT2D eigenvalue weighted by Crippen LogP contribution is 2.35. The number of anilines is 1. The van der Waals surface area contributed by atoms with Crippen LogP contribution in [0.25, 0.3) is 33.5 Å². The number of benzene rings is 2. The van der Waals surface area contributed by atoms with Gasteiger partial charge in [-0.25, -0.2) is 9.67 Å². The minimum atomic E-state index is -0.383. The van der Waals surface area contributed by atoms with E-state index in [1.165, 1.54) is 6.07 Å². The van der Waals surface area contributed by atoms with Crippen molar-refractivity contribution in [2.24, 2.45) is 0 Å². The summed E-state index contributed by atoms with van der Waals surface area (Å²) in [5.41, 5.74) is 4.24. The van der Waals surface area contributed by atoms with E-state index in [9.17, 15) is 10.1 Å². The first-order valence-corrected chi connectivity index (χ1v) is 11.7. The van der Waals surface area contributed by atoms with Crippen molar-refractivity contribution in [2.75, 3.05) is 31.2 Å². The van der Waals surface area contributed by atoms with Gasteiger partial charge in [0.1, 0.15) is 5.69 Å². The molecule has 1 N–H and O–H groups in total. The van der Waals surface area contributed by atoms with Crippen molar-refractivity contribution in [1.82, 2.24) is 19.7 Å². The van der Waals surface area contributed by atoms with Crippen LogP contribution in [0.2, 0.25) is 0 Å². The van der Waals surface area contributed by atoms with Crippen molar-refractivity contribution in [3.63, 3.8) is 0 Å². The molecule has 176 valence electrons. The van der Waals surface area contributed by atoms with Crippen molar-refractivity contribution < 1.29 is 14.4 Å². The number of aromatic amines is 1. The Morgan fingerprint density at radius 1 is 1.15 bits per heavy atom. The third-order valence-electron chi connectivity index (χ3n) is 6.63. The van der Waals surface area contributed by atoms with Gasteiger partial charge in [0.15, 0.2) is 12.1 Å². The molecule has 4 aromatic rings. The van der Waals surface area contributed by atoms with Gasteiger partial charge < -0.3 is 19.4 Å². The van der Waals surface area contributed by atoms with Gasteiger partial charge in [0, 0.05) is 42.9 Å². The molecule has 2 aromatic carbocycles. The van der Waals surface area contributed by atoms with E-state index in [4.69, 9.17) is 19.6 Å². The number of hydrogen-bond donors (Lipinski definition) is 1. The molecule has 10 heteroatoms. The molecule has 0 aliphatic carbocycles. The molecule has 4 heterocycles. The van der Waals surface area contributed by atoms with Crippen LogP contribution < -0.4 is 4.90 Å². The number of hydrogen-bond acceptors (Lipinski definition) is 7. The molecular weight excluding hydrogens is 436 g/mol. The van der Waals surface area contributed by atoms with Crippen LogP contribution in [0.3, 0.4) is 0 Å². The van der Waals surface area contributed by atoms with Crippen LogP contribution in [0.15, 0.2) is 36.4 Å². The second kappa shape index (κ2) is 8.37. The maximum Gasteiger partial charge on any atom is 0.270 e. The highest BCUT2D eigenvalue weighted by molar-refractivity contribution is 5.95. The Bertz CT molecular complexity index is 1370. The Hall–Kier alpha value is -3.50. The molecule has 0 bridgehead atoms. The smallest absolute Gasteiger partial charge is 0.270 e. The fourth-order valence-electron chi connectivity index (χ4n) is 4.91. The monoisotopic (exact) mass is 462 g/mol. The highest BCUT2D eigenvalue weighted by atomic mass is 16.6. The molecule has 2 aromatic heterocycles. The van der Waals surface area contributed by atoms with E-state index in [1.54, 1.807) is 12.1 Å². The lowest BCUT2D eigenvalue weighted by atomic mass is 10.1. The number of morpholine rings is 1. The topological polar surface area (TPSA) is 111 Å². The molecule has 0 amide bonds. The third-order valence-corrected chi connectivity index (χ3v) is 6.63. The predicted molar refractivity (Wildman–Crippen MR) is 128 cm³/mol. The van der Waals surface area contributed by atoms with E-state index in [-0.39, 0.29) is 22.9 Å². The lowest BCUT2D eigenvalue weighted by Crippen LogP contribution is -2.41. The summed E-state index contributed by atoms with van der Waals surface area (Å²) in [6.45, 7) is 5.15. The highest BCUT2D eigenvalue weighted by Gasteiger charge is 2.25. The second-order valence-corrected chi connectivity index (χ2v) is 8.99. The molecule has 34 heavy (non-hydrogen) atoms. The second-order valence-electron chi connectivity index (χ2n) is 8.99. The largest absolute Gasteiger partial charge is 0.375 e. The Morgan fingerprint density at radius 3 is 2.85 bits per heavy atom. The fourth-order valence-corrected chi connectivity index (χ4v) is 4.91. The Labute approximate surface area is 195 Å². The molecular formula is C24H26N6O4. The summed E-state index contributed by atoms with van der Waals surface area (Å²) in [6, 6.07) is 11.0.